The van der Waals surface area contributed by atoms with E-state index in [0.29, 0.717) is 0 Å². The molecule has 0 aliphatic heterocycles. The lowest BCUT2D eigenvalue weighted by Crippen LogP contribution is -2.05. The fourth-order valence-electron chi connectivity index (χ4n) is 0.567. The van der Waals surface area contributed by atoms with Gasteiger partial charge in [-0.05, 0) is 0 Å². The van der Waals surface area contributed by atoms with E-state index in [1.807, 2.05) is 6.07 Å². The molecular weight excluding hydrogens is 180 g/mol. The zero-order valence-corrected chi connectivity index (χ0v) is 7.47. The maximum Gasteiger partial charge on any atom is 1.00 e. The zero-order chi connectivity index (χ0) is 5.82. The van der Waals surface area contributed by atoms with Crippen molar-refractivity contribution in [1.29, 1.82) is 0 Å². The molecule has 0 aliphatic carbocycles. The fourth-order valence-corrected chi connectivity index (χ4v) is 2.14. The highest BCUT2D eigenvalue weighted by Gasteiger charge is 1.82. The third kappa shape index (κ3) is 1.45. The van der Waals surface area contributed by atoms with Crippen LogP contribution in [-0.4, -0.2) is 8.14 Å². The predicted octanol–water partition coefficient (Wildman–Crippen LogP) is 1.02. The van der Waals surface area contributed by atoms with Crippen molar-refractivity contribution in [3.05, 3.63) is 30.3 Å². The Morgan fingerprint density at radius 2 is 1.88 bits per heavy atom. The Hall–Kier alpha value is -0.0831. The molecule has 0 radical (unpaired) electrons. The summed E-state index contributed by atoms with van der Waals surface area (Å²) in [4.78, 5) is 0. The van der Waals surface area contributed by atoms with E-state index in [9.17, 15) is 0 Å². The average molecular weight is 189 g/mol. The van der Waals surface area contributed by atoms with Gasteiger partial charge in [-0.3, -0.25) is 0 Å². The molecule has 0 bridgehead atoms. The summed E-state index contributed by atoms with van der Waals surface area (Å²) >= 11 is 3.50. The van der Waals surface area contributed by atoms with Gasteiger partial charge >= 0.3 is 2.85 Å². The van der Waals surface area contributed by atoms with Crippen molar-refractivity contribution < 1.29 is 2.85 Å². The first-order valence-electron chi connectivity index (χ1n) is 2.53. The average Bonchev–Trinajstić information content (AvgIpc) is 1.90. The first-order valence-corrected chi connectivity index (χ1v) is 7.14. The van der Waals surface area contributed by atoms with Crippen LogP contribution >= 0.6 is 15.3 Å². The van der Waals surface area contributed by atoms with Crippen LogP contribution in [0.25, 0.3) is 0 Å². The summed E-state index contributed by atoms with van der Waals surface area (Å²) in [5.41, 5.74) is 0. The normalized spacial score (nSPS) is 10.6. The minimum absolute atomic E-state index is 0. The van der Waals surface area contributed by atoms with Crippen LogP contribution in [-0.2, 0) is 0 Å². The van der Waals surface area contributed by atoms with Crippen LogP contribution in [0.4, 0.5) is 0 Å². The first kappa shape index (κ1) is 6.04. The third-order valence-electron chi connectivity index (χ3n) is 0.997. The van der Waals surface area contributed by atoms with Gasteiger partial charge in [0.2, 0.25) is 0 Å². The van der Waals surface area contributed by atoms with E-state index in [2.05, 4.69) is 39.6 Å². The Morgan fingerprint density at radius 1 is 1.25 bits per heavy atom. The number of halogens is 1. The number of hydrogen-bond donors (Lipinski definition) is 0. The molecule has 0 amide bonds. The largest absolute Gasteiger partial charge is 1.00 e. The maximum absolute atomic E-state index is 3.50. The van der Waals surface area contributed by atoms with Gasteiger partial charge in [-0.2, -0.15) is 0 Å². The Balaban J connectivity index is 0. The van der Waals surface area contributed by atoms with Crippen molar-refractivity contribution in [1.82, 2.24) is 0 Å². The predicted molar refractivity (Wildman–Crippen MR) is 45.8 cm³/mol. The number of hydrogen-bond acceptors (Lipinski definition) is 0. The van der Waals surface area contributed by atoms with Gasteiger partial charge in [0.05, 0.1) is 0 Å². The molecule has 0 aromatic heterocycles. The molecule has 0 heterocycles. The van der Waals surface area contributed by atoms with Gasteiger partial charge in [-0.15, -0.1) is 15.3 Å². The van der Waals surface area contributed by atoms with Crippen LogP contribution in [0.1, 0.15) is 2.85 Å². The molecule has 0 nitrogen and oxygen atoms in total. The SMILES string of the molecule is Br[SiH2]c1ccccc1.[H+].[H+]. The Kier molecular flexibility index (Phi) is 2.30. The molecular formula is C6H9BrSi+2. The maximum atomic E-state index is 3.50. The van der Waals surface area contributed by atoms with Crippen LogP contribution in [0.2, 0.25) is 0 Å². The van der Waals surface area contributed by atoms with Crippen LogP contribution in [0.3, 0.4) is 0 Å². The summed E-state index contributed by atoms with van der Waals surface area (Å²) in [6, 6.07) is 10.5. The van der Waals surface area contributed by atoms with Crippen molar-refractivity contribution in [2.45, 2.75) is 0 Å². The van der Waals surface area contributed by atoms with E-state index in [4.69, 9.17) is 0 Å². The smallest absolute Gasteiger partial charge is 0.129 e. The second-order valence-electron chi connectivity index (χ2n) is 1.62. The van der Waals surface area contributed by atoms with Gasteiger partial charge in [-0.25, -0.2) is 0 Å². The molecule has 0 saturated carbocycles. The molecule has 0 aliphatic rings. The Bertz CT molecular complexity index is 157. The molecule has 0 atom stereocenters. The lowest BCUT2D eigenvalue weighted by molar-refractivity contribution is 1.77. The summed E-state index contributed by atoms with van der Waals surface area (Å²) in [6.07, 6.45) is 0. The first-order chi connectivity index (χ1) is 3.93. The fraction of sp³-hybridized carbons (Fsp3) is 0. The summed E-state index contributed by atoms with van der Waals surface area (Å²) in [7, 11) is -0.0962. The van der Waals surface area contributed by atoms with Crippen molar-refractivity contribution in [2.75, 3.05) is 0 Å². The van der Waals surface area contributed by atoms with Gasteiger partial charge in [0.25, 0.3) is 0 Å². The van der Waals surface area contributed by atoms with E-state index in [-0.39, 0.29) is 11.0 Å². The molecule has 1 aromatic rings. The summed E-state index contributed by atoms with van der Waals surface area (Å²) in [5, 5.41) is 1.47. The molecule has 2 heteroatoms. The number of benzene rings is 1. The Morgan fingerprint density at radius 3 is 2.25 bits per heavy atom. The van der Waals surface area contributed by atoms with Crippen LogP contribution < -0.4 is 5.19 Å². The lowest BCUT2D eigenvalue weighted by atomic mass is 10.4. The minimum atomic E-state index is -0.0962. The van der Waals surface area contributed by atoms with Crippen LogP contribution in [0.5, 0.6) is 0 Å². The topological polar surface area (TPSA) is 0 Å². The molecule has 1 rings (SSSR count). The van der Waals surface area contributed by atoms with Crippen LogP contribution in [0.15, 0.2) is 30.3 Å². The van der Waals surface area contributed by atoms with Gasteiger partial charge in [-0.1, -0.05) is 35.5 Å². The summed E-state index contributed by atoms with van der Waals surface area (Å²) < 4.78 is 0. The van der Waals surface area contributed by atoms with Crippen molar-refractivity contribution in [2.24, 2.45) is 0 Å². The van der Waals surface area contributed by atoms with Gasteiger partial charge in [0.1, 0.15) is 8.14 Å². The molecule has 0 N–H and O–H groups in total. The zero-order valence-electron chi connectivity index (χ0n) is 6.47. The summed E-state index contributed by atoms with van der Waals surface area (Å²) in [6.45, 7) is 0. The van der Waals surface area contributed by atoms with E-state index < -0.39 is 0 Å². The van der Waals surface area contributed by atoms with E-state index in [0.717, 1.165) is 0 Å². The van der Waals surface area contributed by atoms with Crippen molar-refractivity contribution in [3.8, 4) is 0 Å². The van der Waals surface area contributed by atoms with E-state index >= 15 is 0 Å². The standard InChI is InChI=1S/C6H7BrSi/c7-8-6-4-2-1-3-5-6/h1-5H,8H2/p+2. The van der Waals surface area contributed by atoms with E-state index in [1.165, 1.54) is 5.19 Å². The van der Waals surface area contributed by atoms with Crippen molar-refractivity contribution in [3.63, 3.8) is 0 Å². The van der Waals surface area contributed by atoms with Gasteiger partial charge < -0.3 is 0 Å². The highest BCUT2D eigenvalue weighted by Crippen LogP contribution is 1.82. The molecule has 1 aromatic carbocycles. The minimum Gasteiger partial charge on any atom is -0.129 e. The summed E-state index contributed by atoms with van der Waals surface area (Å²) in [5.74, 6) is 0. The molecule has 0 saturated heterocycles. The highest BCUT2D eigenvalue weighted by molar-refractivity contribution is 9.23. The molecule has 0 spiro atoms. The monoisotopic (exact) mass is 188 g/mol. The highest BCUT2D eigenvalue weighted by atomic mass is 79.9. The molecule has 0 fully saturated rings. The van der Waals surface area contributed by atoms with Crippen molar-refractivity contribution >= 4 is 28.6 Å². The quantitative estimate of drug-likeness (QED) is 0.457. The second-order valence-corrected chi connectivity index (χ2v) is 4.39. The lowest BCUT2D eigenvalue weighted by Gasteiger charge is -1.87. The van der Waals surface area contributed by atoms with E-state index in [1.54, 1.807) is 0 Å². The van der Waals surface area contributed by atoms with Crippen LogP contribution in [0, 0.1) is 0 Å². The second kappa shape index (κ2) is 3.05. The third-order valence-corrected chi connectivity index (χ3v) is 3.72. The van der Waals surface area contributed by atoms with Gasteiger partial charge in [0.15, 0.2) is 0 Å². The van der Waals surface area contributed by atoms with Gasteiger partial charge in [0, 0.05) is 0 Å². The molecule has 42 valence electrons. The number of rotatable bonds is 1. The Labute approximate surface area is 62.3 Å². The molecule has 0 unspecified atom stereocenters. The molecule has 8 heavy (non-hydrogen) atoms.